The van der Waals surface area contributed by atoms with Gasteiger partial charge in [0.05, 0.1) is 4.90 Å². The minimum atomic E-state index is -3.44. The predicted octanol–water partition coefficient (Wildman–Crippen LogP) is 1.77. The average Bonchev–Trinajstić information content (AvgIpc) is 2.28. The number of aryl methyl sites for hydroxylation is 1. The lowest BCUT2D eigenvalue weighted by Gasteiger charge is -2.09. The van der Waals surface area contributed by atoms with Crippen LogP contribution in [0.5, 0.6) is 0 Å². The van der Waals surface area contributed by atoms with Crippen molar-refractivity contribution in [2.45, 2.75) is 11.8 Å². The molecule has 0 amide bonds. The smallest absolute Gasteiger partial charge is 0.240 e. The number of rotatable bonds is 7. The van der Waals surface area contributed by atoms with Crippen molar-refractivity contribution >= 4 is 27.5 Å². The van der Waals surface area contributed by atoms with Crippen LogP contribution in [0.3, 0.4) is 0 Å². The second-order valence-corrected chi connectivity index (χ2v) is 6.67. The van der Waals surface area contributed by atoms with Gasteiger partial charge in [-0.1, -0.05) is 6.08 Å². The number of sulfonamides is 1. The van der Waals surface area contributed by atoms with Crippen LogP contribution in [0.2, 0.25) is 0 Å². The van der Waals surface area contributed by atoms with Gasteiger partial charge in [0.1, 0.15) is 0 Å². The maximum atomic E-state index is 12.0. The van der Waals surface area contributed by atoms with E-state index in [4.69, 9.17) is 5.73 Å². The molecule has 0 bridgehead atoms. The molecular weight excluding hydrogens is 268 g/mol. The van der Waals surface area contributed by atoms with Crippen molar-refractivity contribution in [1.82, 2.24) is 4.72 Å². The number of hydrogen-bond donors (Lipinski definition) is 2. The molecule has 0 atom stereocenters. The molecular formula is C12H18N2O2S2. The Morgan fingerprint density at radius 3 is 2.83 bits per heavy atom. The normalized spacial score (nSPS) is 11.4. The number of nitrogen functional groups attached to an aromatic ring is 1. The highest BCUT2D eigenvalue weighted by Crippen LogP contribution is 2.17. The van der Waals surface area contributed by atoms with E-state index in [0.717, 1.165) is 11.5 Å². The highest BCUT2D eigenvalue weighted by Gasteiger charge is 2.15. The molecule has 1 aromatic rings. The van der Waals surface area contributed by atoms with Crippen LogP contribution < -0.4 is 10.5 Å². The fraction of sp³-hybridized carbons (Fsp3) is 0.333. The monoisotopic (exact) mass is 286 g/mol. The number of hydrogen-bond acceptors (Lipinski definition) is 4. The molecule has 18 heavy (non-hydrogen) atoms. The van der Waals surface area contributed by atoms with Gasteiger partial charge in [-0.15, -0.1) is 6.58 Å². The molecule has 0 radical (unpaired) electrons. The average molecular weight is 286 g/mol. The van der Waals surface area contributed by atoms with E-state index in [9.17, 15) is 8.42 Å². The van der Waals surface area contributed by atoms with Crippen molar-refractivity contribution in [1.29, 1.82) is 0 Å². The number of anilines is 1. The molecule has 0 spiro atoms. The SMILES string of the molecule is C=CCSCCNS(=O)(=O)c1ccc(N)cc1C. The molecule has 1 rings (SSSR count). The third-order valence-corrected chi connectivity index (χ3v) is 4.85. The summed E-state index contributed by atoms with van der Waals surface area (Å²) in [6, 6.07) is 4.78. The third kappa shape index (κ3) is 4.36. The van der Waals surface area contributed by atoms with Crippen LogP contribution in [0.15, 0.2) is 35.7 Å². The first kappa shape index (κ1) is 15.1. The number of thioether (sulfide) groups is 1. The Morgan fingerprint density at radius 1 is 1.50 bits per heavy atom. The molecule has 0 unspecified atom stereocenters. The number of nitrogens with one attached hydrogen (secondary N) is 1. The van der Waals surface area contributed by atoms with E-state index in [1.165, 1.54) is 6.07 Å². The van der Waals surface area contributed by atoms with Gasteiger partial charge in [-0.05, 0) is 30.7 Å². The van der Waals surface area contributed by atoms with Gasteiger partial charge in [0.15, 0.2) is 0 Å². The minimum Gasteiger partial charge on any atom is -0.399 e. The summed E-state index contributed by atoms with van der Waals surface area (Å²) in [4.78, 5) is 0.283. The quantitative estimate of drug-likeness (QED) is 0.455. The topological polar surface area (TPSA) is 72.2 Å². The Kier molecular flexibility index (Phi) is 5.71. The van der Waals surface area contributed by atoms with Gasteiger partial charge < -0.3 is 5.73 Å². The van der Waals surface area contributed by atoms with E-state index in [-0.39, 0.29) is 4.90 Å². The highest BCUT2D eigenvalue weighted by molar-refractivity contribution is 7.99. The fourth-order valence-corrected chi connectivity index (χ4v) is 3.43. The van der Waals surface area contributed by atoms with Crippen LogP contribution in [-0.4, -0.2) is 26.5 Å². The first-order valence-corrected chi connectivity index (χ1v) is 8.15. The highest BCUT2D eigenvalue weighted by atomic mass is 32.2. The van der Waals surface area contributed by atoms with Gasteiger partial charge in [-0.25, -0.2) is 13.1 Å². The van der Waals surface area contributed by atoms with Crippen molar-refractivity contribution in [3.05, 3.63) is 36.4 Å². The van der Waals surface area contributed by atoms with Gasteiger partial charge in [0.25, 0.3) is 0 Å². The van der Waals surface area contributed by atoms with Gasteiger partial charge in [-0.3, -0.25) is 0 Å². The molecule has 0 aliphatic rings. The summed E-state index contributed by atoms with van der Waals surface area (Å²) < 4.78 is 26.6. The minimum absolute atomic E-state index is 0.283. The second kappa shape index (κ2) is 6.82. The maximum Gasteiger partial charge on any atom is 0.240 e. The summed E-state index contributed by atoms with van der Waals surface area (Å²) in [5, 5.41) is 0. The number of benzene rings is 1. The van der Waals surface area contributed by atoms with Crippen LogP contribution in [0.25, 0.3) is 0 Å². The van der Waals surface area contributed by atoms with Crippen molar-refractivity contribution < 1.29 is 8.42 Å². The Hall–Kier alpha value is -0.980. The second-order valence-electron chi connectivity index (χ2n) is 3.79. The van der Waals surface area contributed by atoms with Crippen LogP contribution >= 0.6 is 11.8 Å². The molecule has 0 aromatic heterocycles. The van der Waals surface area contributed by atoms with Crippen molar-refractivity contribution in [2.24, 2.45) is 0 Å². The van der Waals surface area contributed by atoms with E-state index in [2.05, 4.69) is 11.3 Å². The zero-order valence-corrected chi connectivity index (χ0v) is 12.0. The van der Waals surface area contributed by atoms with Crippen molar-refractivity contribution in [2.75, 3.05) is 23.8 Å². The first-order valence-electron chi connectivity index (χ1n) is 5.52. The lowest BCUT2D eigenvalue weighted by Crippen LogP contribution is -2.26. The number of nitrogens with two attached hydrogens (primary N) is 1. The Labute approximate surface area is 113 Å². The van der Waals surface area contributed by atoms with E-state index in [0.29, 0.717) is 17.8 Å². The molecule has 0 fully saturated rings. The third-order valence-electron chi connectivity index (χ3n) is 2.26. The zero-order valence-electron chi connectivity index (χ0n) is 10.3. The Balaban J connectivity index is 2.65. The van der Waals surface area contributed by atoms with Crippen LogP contribution in [0.4, 0.5) is 5.69 Å². The first-order chi connectivity index (χ1) is 8.47. The van der Waals surface area contributed by atoms with E-state index in [1.807, 2.05) is 0 Å². The van der Waals surface area contributed by atoms with E-state index in [1.54, 1.807) is 36.9 Å². The summed E-state index contributed by atoms with van der Waals surface area (Å²) >= 11 is 1.63. The summed E-state index contributed by atoms with van der Waals surface area (Å²) in [5.41, 5.74) is 6.81. The van der Waals surface area contributed by atoms with Crippen LogP contribution in [0, 0.1) is 6.92 Å². The van der Waals surface area contributed by atoms with Crippen molar-refractivity contribution in [3.8, 4) is 0 Å². The predicted molar refractivity (Wildman–Crippen MR) is 78.3 cm³/mol. The van der Waals surface area contributed by atoms with E-state index >= 15 is 0 Å². The zero-order chi connectivity index (χ0) is 13.6. The lowest BCUT2D eigenvalue weighted by molar-refractivity contribution is 0.583. The largest absolute Gasteiger partial charge is 0.399 e. The molecule has 6 heteroatoms. The molecule has 4 nitrogen and oxygen atoms in total. The summed E-state index contributed by atoms with van der Waals surface area (Å²) in [6.07, 6.45) is 1.79. The van der Waals surface area contributed by atoms with Crippen LogP contribution in [0.1, 0.15) is 5.56 Å². The Bertz CT molecular complexity index is 513. The summed E-state index contributed by atoms with van der Waals surface area (Å²) in [6.45, 7) is 5.74. The summed E-state index contributed by atoms with van der Waals surface area (Å²) in [7, 11) is -3.44. The lowest BCUT2D eigenvalue weighted by atomic mass is 10.2. The van der Waals surface area contributed by atoms with Gasteiger partial charge in [0, 0.05) is 23.7 Å². The molecule has 0 aliphatic carbocycles. The molecule has 0 aliphatic heterocycles. The molecule has 0 saturated carbocycles. The molecule has 1 aromatic carbocycles. The fourth-order valence-electron chi connectivity index (χ4n) is 1.47. The van der Waals surface area contributed by atoms with Gasteiger partial charge in [-0.2, -0.15) is 11.8 Å². The van der Waals surface area contributed by atoms with Gasteiger partial charge >= 0.3 is 0 Å². The van der Waals surface area contributed by atoms with Crippen molar-refractivity contribution in [3.63, 3.8) is 0 Å². The molecule has 0 saturated heterocycles. The standard InChI is InChI=1S/C12H18N2O2S2/c1-3-7-17-8-6-14-18(15,16)12-5-4-11(13)9-10(12)2/h3-5,9,14H,1,6-8,13H2,2H3. The van der Waals surface area contributed by atoms with E-state index < -0.39 is 10.0 Å². The van der Waals surface area contributed by atoms with Gasteiger partial charge in [0.2, 0.25) is 10.0 Å². The molecule has 3 N–H and O–H groups in total. The molecule has 100 valence electrons. The summed E-state index contributed by atoms with van der Waals surface area (Å²) in [5.74, 6) is 1.54. The Morgan fingerprint density at radius 2 is 2.22 bits per heavy atom. The van der Waals surface area contributed by atoms with Crippen LogP contribution in [-0.2, 0) is 10.0 Å². The maximum absolute atomic E-state index is 12.0. The molecule has 0 heterocycles.